The lowest BCUT2D eigenvalue weighted by Gasteiger charge is -2.12. The molecule has 0 atom stereocenters. The van der Waals surface area contributed by atoms with E-state index in [9.17, 15) is 4.79 Å². The maximum atomic E-state index is 12.7. The highest BCUT2D eigenvalue weighted by atomic mass is 35.5. The molecule has 0 aliphatic rings. The third-order valence-electron chi connectivity index (χ3n) is 4.81. The summed E-state index contributed by atoms with van der Waals surface area (Å²) in [5, 5.41) is 13.0. The standard InChI is InChI=1S/C24H21ClN4OS/c1-16-8-6-9-17(2)22(16)26-21(30)15-31-24-28-27-23(18-10-7-11-19(25)14-18)29(24)20-12-4-3-5-13-20/h3-14H,15H2,1-2H3,(H,26,30). The van der Waals surface area contributed by atoms with E-state index >= 15 is 0 Å². The van der Waals surface area contributed by atoms with Crippen LogP contribution in [0.4, 0.5) is 5.69 Å². The summed E-state index contributed by atoms with van der Waals surface area (Å²) in [5.41, 5.74) is 4.70. The van der Waals surface area contributed by atoms with Crippen LogP contribution in [0.3, 0.4) is 0 Å². The van der Waals surface area contributed by atoms with E-state index in [1.54, 1.807) is 0 Å². The van der Waals surface area contributed by atoms with Crippen LogP contribution in [-0.4, -0.2) is 26.4 Å². The predicted octanol–water partition coefficient (Wildman–Crippen LogP) is 5.94. The van der Waals surface area contributed by atoms with Crippen LogP contribution < -0.4 is 5.32 Å². The number of carbonyl (C=O) groups is 1. The Bertz CT molecular complexity index is 1200. The molecule has 4 aromatic rings. The summed E-state index contributed by atoms with van der Waals surface area (Å²) in [6, 6.07) is 23.3. The van der Waals surface area contributed by atoms with Gasteiger partial charge in [0.2, 0.25) is 5.91 Å². The minimum absolute atomic E-state index is 0.0886. The van der Waals surface area contributed by atoms with Crippen molar-refractivity contribution in [1.29, 1.82) is 0 Å². The fraction of sp³-hybridized carbons (Fsp3) is 0.125. The molecule has 3 aromatic carbocycles. The highest BCUT2D eigenvalue weighted by Gasteiger charge is 2.18. The van der Waals surface area contributed by atoms with Crippen molar-refractivity contribution in [3.8, 4) is 17.1 Å². The lowest BCUT2D eigenvalue weighted by atomic mass is 10.1. The molecule has 156 valence electrons. The van der Waals surface area contributed by atoms with E-state index in [-0.39, 0.29) is 11.7 Å². The second-order valence-electron chi connectivity index (χ2n) is 7.09. The fourth-order valence-corrected chi connectivity index (χ4v) is 4.25. The van der Waals surface area contributed by atoms with E-state index in [0.717, 1.165) is 28.1 Å². The van der Waals surface area contributed by atoms with Gasteiger partial charge < -0.3 is 5.32 Å². The molecule has 0 saturated carbocycles. The Balaban J connectivity index is 1.61. The summed E-state index contributed by atoms with van der Waals surface area (Å²) in [6.07, 6.45) is 0. The summed E-state index contributed by atoms with van der Waals surface area (Å²) < 4.78 is 1.95. The molecule has 1 aromatic heterocycles. The van der Waals surface area contributed by atoms with Crippen molar-refractivity contribution in [2.24, 2.45) is 0 Å². The van der Waals surface area contributed by atoms with Gasteiger partial charge in [-0.15, -0.1) is 10.2 Å². The molecular formula is C24H21ClN4OS. The van der Waals surface area contributed by atoms with E-state index in [4.69, 9.17) is 11.6 Å². The van der Waals surface area contributed by atoms with E-state index in [1.165, 1.54) is 11.8 Å². The van der Waals surface area contributed by atoms with Crippen molar-refractivity contribution < 1.29 is 4.79 Å². The number of nitrogens with one attached hydrogen (secondary N) is 1. The van der Waals surface area contributed by atoms with Crippen molar-refractivity contribution in [3.05, 3.63) is 88.9 Å². The Labute approximate surface area is 190 Å². The third kappa shape index (κ3) is 4.81. The summed E-state index contributed by atoms with van der Waals surface area (Å²) >= 11 is 7.53. The number of anilines is 1. The number of amides is 1. The number of aromatic nitrogens is 3. The lowest BCUT2D eigenvalue weighted by Crippen LogP contribution is -2.16. The molecule has 0 radical (unpaired) electrons. The quantitative estimate of drug-likeness (QED) is 0.371. The molecule has 1 amide bonds. The van der Waals surface area contributed by atoms with Crippen LogP contribution >= 0.6 is 23.4 Å². The van der Waals surface area contributed by atoms with Crippen LogP contribution in [0.5, 0.6) is 0 Å². The van der Waals surface area contributed by atoms with Gasteiger partial charge in [0, 0.05) is 22.0 Å². The molecule has 0 saturated heterocycles. The van der Waals surface area contributed by atoms with Crippen LogP contribution in [0.2, 0.25) is 5.02 Å². The number of hydrogen-bond donors (Lipinski definition) is 1. The summed E-state index contributed by atoms with van der Waals surface area (Å²) in [5.74, 6) is 0.801. The van der Waals surface area contributed by atoms with Gasteiger partial charge in [-0.25, -0.2) is 0 Å². The Morgan fingerprint density at radius 3 is 2.39 bits per heavy atom. The second-order valence-corrected chi connectivity index (χ2v) is 8.47. The van der Waals surface area contributed by atoms with E-state index in [1.807, 2.05) is 91.2 Å². The van der Waals surface area contributed by atoms with Crippen molar-refractivity contribution >= 4 is 35.0 Å². The van der Waals surface area contributed by atoms with Gasteiger partial charge in [-0.2, -0.15) is 0 Å². The molecule has 5 nitrogen and oxygen atoms in total. The maximum Gasteiger partial charge on any atom is 0.234 e. The molecule has 31 heavy (non-hydrogen) atoms. The first-order chi connectivity index (χ1) is 15.0. The van der Waals surface area contributed by atoms with Crippen molar-refractivity contribution in [2.45, 2.75) is 19.0 Å². The van der Waals surface area contributed by atoms with Gasteiger partial charge in [0.25, 0.3) is 0 Å². The number of para-hydroxylation sites is 2. The Kier molecular flexibility index (Phi) is 6.39. The SMILES string of the molecule is Cc1cccc(C)c1NC(=O)CSc1nnc(-c2cccc(Cl)c2)n1-c1ccccc1. The highest BCUT2D eigenvalue weighted by Crippen LogP contribution is 2.29. The van der Waals surface area contributed by atoms with E-state index in [0.29, 0.717) is 16.0 Å². The zero-order valence-electron chi connectivity index (χ0n) is 17.2. The van der Waals surface area contributed by atoms with Crippen LogP contribution in [0, 0.1) is 13.8 Å². The van der Waals surface area contributed by atoms with Crippen LogP contribution in [-0.2, 0) is 4.79 Å². The third-order valence-corrected chi connectivity index (χ3v) is 5.97. The molecule has 1 heterocycles. The number of hydrogen-bond acceptors (Lipinski definition) is 4. The Morgan fingerprint density at radius 1 is 0.968 bits per heavy atom. The molecule has 0 aliphatic carbocycles. The van der Waals surface area contributed by atoms with Crippen molar-refractivity contribution in [3.63, 3.8) is 0 Å². The predicted molar refractivity (Wildman–Crippen MR) is 127 cm³/mol. The minimum Gasteiger partial charge on any atom is -0.325 e. The fourth-order valence-electron chi connectivity index (χ4n) is 3.31. The molecule has 4 rings (SSSR count). The average molecular weight is 449 g/mol. The van der Waals surface area contributed by atoms with Crippen LogP contribution in [0.1, 0.15) is 11.1 Å². The normalized spacial score (nSPS) is 10.8. The number of carbonyl (C=O) groups excluding carboxylic acids is 1. The van der Waals surface area contributed by atoms with Gasteiger partial charge in [0.15, 0.2) is 11.0 Å². The first-order valence-electron chi connectivity index (χ1n) is 9.78. The Hall–Kier alpha value is -3.09. The van der Waals surface area contributed by atoms with Crippen LogP contribution in [0.15, 0.2) is 78.0 Å². The van der Waals surface area contributed by atoms with Gasteiger partial charge in [-0.3, -0.25) is 9.36 Å². The molecule has 0 fully saturated rings. The van der Waals surface area contributed by atoms with E-state index in [2.05, 4.69) is 15.5 Å². The molecule has 1 N–H and O–H groups in total. The summed E-state index contributed by atoms with van der Waals surface area (Å²) in [7, 11) is 0. The first-order valence-corrected chi connectivity index (χ1v) is 11.1. The molecule has 0 spiro atoms. The summed E-state index contributed by atoms with van der Waals surface area (Å²) in [6.45, 7) is 3.97. The van der Waals surface area contributed by atoms with Crippen LogP contribution in [0.25, 0.3) is 17.1 Å². The van der Waals surface area contributed by atoms with Crippen molar-refractivity contribution in [2.75, 3.05) is 11.1 Å². The molecule has 0 aliphatic heterocycles. The zero-order chi connectivity index (χ0) is 21.8. The van der Waals surface area contributed by atoms with E-state index < -0.39 is 0 Å². The number of aryl methyl sites for hydroxylation is 2. The molecule has 0 bridgehead atoms. The lowest BCUT2D eigenvalue weighted by molar-refractivity contribution is -0.113. The highest BCUT2D eigenvalue weighted by molar-refractivity contribution is 7.99. The first kappa shape index (κ1) is 21.2. The van der Waals surface area contributed by atoms with Gasteiger partial charge in [0.05, 0.1) is 5.75 Å². The smallest absolute Gasteiger partial charge is 0.234 e. The van der Waals surface area contributed by atoms with Gasteiger partial charge in [-0.1, -0.05) is 71.9 Å². The average Bonchev–Trinajstić information content (AvgIpc) is 3.20. The largest absolute Gasteiger partial charge is 0.325 e. The van der Waals surface area contributed by atoms with Gasteiger partial charge in [0.1, 0.15) is 0 Å². The zero-order valence-corrected chi connectivity index (χ0v) is 18.7. The number of benzene rings is 3. The number of thioether (sulfide) groups is 1. The van der Waals surface area contributed by atoms with Gasteiger partial charge >= 0.3 is 0 Å². The van der Waals surface area contributed by atoms with Crippen molar-refractivity contribution in [1.82, 2.24) is 14.8 Å². The second kappa shape index (κ2) is 9.37. The molecular weight excluding hydrogens is 428 g/mol. The van der Waals surface area contributed by atoms with Gasteiger partial charge in [-0.05, 0) is 49.2 Å². The Morgan fingerprint density at radius 2 is 1.68 bits per heavy atom. The summed E-state index contributed by atoms with van der Waals surface area (Å²) in [4.78, 5) is 12.7. The molecule has 0 unspecified atom stereocenters. The number of nitrogens with zero attached hydrogens (tertiary/aromatic N) is 3. The number of halogens is 1. The topological polar surface area (TPSA) is 59.8 Å². The minimum atomic E-state index is -0.0886. The number of rotatable bonds is 6. The molecule has 7 heteroatoms. The monoisotopic (exact) mass is 448 g/mol. The maximum absolute atomic E-state index is 12.7.